The van der Waals surface area contributed by atoms with Crippen LogP contribution in [-0.2, 0) is 20.1 Å². The van der Waals surface area contributed by atoms with Gasteiger partial charge >= 0.3 is 0 Å². The van der Waals surface area contributed by atoms with E-state index in [9.17, 15) is 4.79 Å². The summed E-state index contributed by atoms with van der Waals surface area (Å²) >= 11 is 0. The van der Waals surface area contributed by atoms with Crippen molar-refractivity contribution in [2.75, 3.05) is 13.6 Å². The minimum Gasteiger partial charge on any atom is -0.341 e. The van der Waals surface area contributed by atoms with E-state index in [1.807, 2.05) is 28.6 Å². The molecule has 1 aliphatic rings. The van der Waals surface area contributed by atoms with E-state index in [0.717, 1.165) is 50.4 Å². The summed E-state index contributed by atoms with van der Waals surface area (Å²) in [6.45, 7) is 4.86. The lowest BCUT2D eigenvalue weighted by atomic mass is 10.1. The van der Waals surface area contributed by atoms with Gasteiger partial charge in [0.2, 0.25) is 0 Å². The average Bonchev–Trinajstić information content (AvgIpc) is 3.10. The van der Waals surface area contributed by atoms with Gasteiger partial charge in [-0.25, -0.2) is 4.98 Å². The molecule has 1 N–H and O–H groups in total. The van der Waals surface area contributed by atoms with Gasteiger partial charge in [0.25, 0.3) is 5.91 Å². The molecule has 2 aromatic rings. The summed E-state index contributed by atoms with van der Waals surface area (Å²) in [6, 6.07) is 1.82. The van der Waals surface area contributed by atoms with Gasteiger partial charge < -0.3 is 14.8 Å². The van der Waals surface area contributed by atoms with Crippen LogP contribution < -0.4 is 5.32 Å². The van der Waals surface area contributed by atoms with Gasteiger partial charge in [0, 0.05) is 39.1 Å². The first-order valence-electron chi connectivity index (χ1n) is 8.62. The molecule has 0 aliphatic carbocycles. The van der Waals surface area contributed by atoms with Crippen LogP contribution in [0.25, 0.3) is 0 Å². The van der Waals surface area contributed by atoms with Crippen molar-refractivity contribution in [3.05, 3.63) is 35.7 Å². The Hall–Kier alpha value is -2.15. The molecule has 2 aromatic heterocycles. The summed E-state index contributed by atoms with van der Waals surface area (Å²) in [5.41, 5.74) is 1.60. The lowest BCUT2D eigenvalue weighted by Gasteiger charge is -2.17. The monoisotopic (exact) mass is 330 g/mol. The third-order valence-electron chi connectivity index (χ3n) is 4.49. The fourth-order valence-electron chi connectivity index (χ4n) is 3.23. The van der Waals surface area contributed by atoms with Crippen LogP contribution in [-0.4, -0.2) is 43.7 Å². The highest BCUT2D eigenvalue weighted by Crippen LogP contribution is 2.18. The zero-order valence-corrected chi connectivity index (χ0v) is 14.7. The smallest absolute Gasteiger partial charge is 0.272 e. The highest BCUT2D eigenvalue weighted by Gasteiger charge is 2.22. The molecule has 1 atom stereocenters. The van der Waals surface area contributed by atoms with Crippen molar-refractivity contribution in [3.63, 3.8) is 0 Å². The molecular formula is C17H26N6O. The summed E-state index contributed by atoms with van der Waals surface area (Å²) in [5, 5.41) is 7.61. The number of hydrogen-bond donors (Lipinski definition) is 1. The van der Waals surface area contributed by atoms with Crippen LogP contribution in [0.2, 0.25) is 0 Å². The molecule has 0 spiro atoms. The van der Waals surface area contributed by atoms with Gasteiger partial charge in [-0.15, -0.1) is 0 Å². The van der Waals surface area contributed by atoms with Crippen molar-refractivity contribution in [3.8, 4) is 0 Å². The molecule has 1 aliphatic heterocycles. The molecule has 7 heteroatoms. The normalized spacial score (nSPS) is 16.5. The van der Waals surface area contributed by atoms with Crippen LogP contribution in [0.3, 0.4) is 0 Å². The minimum absolute atomic E-state index is 0.0910. The van der Waals surface area contributed by atoms with E-state index in [0.29, 0.717) is 5.69 Å². The van der Waals surface area contributed by atoms with Gasteiger partial charge in [-0.3, -0.25) is 9.48 Å². The lowest BCUT2D eigenvalue weighted by Crippen LogP contribution is -2.30. The quantitative estimate of drug-likeness (QED) is 0.906. The van der Waals surface area contributed by atoms with Gasteiger partial charge in [0.15, 0.2) is 5.69 Å². The number of amides is 1. The van der Waals surface area contributed by atoms with Crippen molar-refractivity contribution in [2.24, 2.45) is 7.05 Å². The Morgan fingerprint density at radius 2 is 2.21 bits per heavy atom. The van der Waals surface area contributed by atoms with Crippen molar-refractivity contribution in [1.29, 1.82) is 0 Å². The molecule has 1 amide bonds. The van der Waals surface area contributed by atoms with Gasteiger partial charge in [-0.2, -0.15) is 5.10 Å². The summed E-state index contributed by atoms with van der Waals surface area (Å²) in [4.78, 5) is 19.3. The minimum atomic E-state index is -0.125. The highest BCUT2D eigenvalue weighted by atomic mass is 16.2. The Labute approximate surface area is 142 Å². The van der Waals surface area contributed by atoms with E-state index in [-0.39, 0.29) is 11.9 Å². The molecule has 1 unspecified atom stereocenters. The molecule has 7 nitrogen and oxygen atoms in total. The molecule has 0 fully saturated rings. The number of carbonyl (C=O) groups is 1. The number of nitrogens with zero attached hydrogens (tertiary/aromatic N) is 5. The van der Waals surface area contributed by atoms with Crippen LogP contribution >= 0.6 is 0 Å². The van der Waals surface area contributed by atoms with Crippen molar-refractivity contribution < 1.29 is 4.79 Å². The van der Waals surface area contributed by atoms with Crippen LogP contribution in [0.1, 0.15) is 54.2 Å². The molecular weight excluding hydrogens is 304 g/mol. The number of rotatable bonds is 5. The zero-order valence-electron chi connectivity index (χ0n) is 14.7. The fraction of sp³-hybridized carbons (Fsp3) is 0.588. The number of fused-ring (bicyclic) bond motifs is 1. The second kappa shape index (κ2) is 7.17. The number of hydrogen-bond acceptors (Lipinski definition) is 4. The number of nitrogens with one attached hydrogen (secondary N) is 1. The Morgan fingerprint density at radius 3 is 2.92 bits per heavy atom. The second-order valence-electron chi connectivity index (χ2n) is 6.55. The SMILES string of the molecule is CCCC(NC(=O)c1cc2n(n1)CCCN(C)C2)c1nccn1C. The number of aromatic nitrogens is 4. The topological polar surface area (TPSA) is 68.0 Å². The van der Waals surface area contributed by atoms with Crippen molar-refractivity contribution in [2.45, 2.75) is 45.3 Å². The average molecular weight is 330 g/mol. The van der Waals surface area contributed by atoms with E-state index < -0.39 is 0 Å². The maximum Gasteiger partial charge on any atom is 0.272 e. The standard InChI is InChI=1S/C17H26N6O/c1-4-6-14(16-18-7-10-22(16)3)19-17(24)15-11-13-12-21(2)8-5-9-23(13)20-15/h7,10-11,14H,4-6,8-9,12H2,1-3H3,(H,19,24). The van der Waals surface area contributed by atoms with Crippen molar-refractivity contribution in [1.82, 2.24) is 29.5 Å². The zero-order chi connectivity index (χ0) is 17.1. The predicted molar refractivity (Wildman–Crippen MR) is 91.5 cm³/mol. The molecule has 0 saturated carbocycles. The second-order valence-corrected chi connectivity index (χ2v) is 6.55. The number of aryl methyl sites for hydroxylation is 2. The van der Waals surface area contributed by atoms with E-state index in [2.05, 4.69) is 34.3 Å². The first-order chi connectivity index (χ1) is 11.6. The van der Waals surface area contributed by atoms with E-state index in [4.69, 9.17) is 0 Å². The van der Waals surface area contributed by atoms with E-state index in [1.54, 1.807) is 6.20 Å². The Balaban J connectivity index is 1.76. The van der Waals surface area contributed by atoms with Crippen LogP contribution in [0.5, 0.6) is 0 Å². The summed E-state index contributed by atoms with van der Waals surface area (Å²) in [7, 11) is 4.05. The summed E-state index contributed by atoms with van der Waals surface area (Å²) in [6.07, 6.45) is 6.55. The molecule has 0 aromatic carbocycles. The van der Waals surface area contributed by atoms with Crippen molar-refractivity contribution >= 4 is 5.91 Å². The Kier molecular flexibility index (Phi) is 4.99. The Morgan fingerprint density at radius 1 is 1.38 bits per heavy atom. The van der Waals surface area contributed by atoms with Crippen LogP contribution in [0, 0.1) is 0 Å². The lowest BCUT2D eigenvalue weighted by molar-refractivity contribution is 0.0926. The van der Waals surface area contributed by atoms with Gasteiger partial charge in [0.1, 0.15) is 5.82 Å². The summed E-state index contributed by atoms with van der Waals surface area (Å²) < 4.78 is 3.92. The van der Waals surface area contributed by atoms with Gasteiger partial charge in [-0.05, 0) is 26.0 Å². The maximum absolute atomic E-state index is 12.7. The molecule has 24 heavy (non-hydrogen) atoms. The van der Waals surface area contributed by atoms with E-state index in [1.165, 1.54) is 0 Å². The molecule has 0 bridgehead atoms. The predicted octanol–water partition coefficient (Wildman–Crippen LogP) is 1.72. The highest BCUT2D eigenvalue weighted by molar-refractivity contribution is 5.92. The fourth-order valence-corrected chi connectivity index (χ4v) is 3.23. The first-order valence-corrected chi connectivity index (χ1v) is 8.62. The third kappa shape index (κ3) is 3.51. The van der Waals surface area contributed by atoms with Crippen LogP contribution in [0.15, 0.2) is 18.5 Å². The third-order valence-corrected chi connectivity index (χ3v) is 4.49. The van der Waals surface area contributed by atoms with Gasteiger partial charge in [0.05, 0.1) is 11.7 Å². The molecule has 0 radical (unpaired) electrons. The Bertz CT molecular complexity index is 704. The molecule has 3 rings (SSSR count). The molecule has 0 saturated heterocycles. The van der Waals surface area contributed by atoms with Crippen LogP contribution in [0.4, 0.5) is 0 Å². The molecule has 3 heterocycles. The molecule has 130 valence electrons. The largest absolute Gasteiger partial charge is 0.341 e. The summed E-state index contributed by atoms with van der Waals surface area (Å²) in [5.74, 6) is 0.755. The first kappa shape index (κ1) is 16.7. The van der Waals surface area contributed by atoms with E-state index >= 15 is 0 Å². The number of imidazole rings is 1. The maximum atomic E-state index is 12.7. The van der Waals surface area contributed by atoms with Gasteiger partial charge in [-0.1, -0.05) is 13.3 Å². The number of carbonyl (C=O) groups excluding carboxylic acids is 1.